The van der Waals surface area contributed by atoms with E-state index in [0.717, 1.165) is 10.2 Å². The molecule has 0 saturated heterocycles. The third-order valence-electron chi connectivity index (χ3n) is 2.33. The molecule has 1 aromatic carbocycles. The number of benzene rings is 1. The molecule has 0 unspecified atom stereocenters. The van der Waals surface area contributed by atoms with Gasteiger partial charge in [-0.2, -0.15) is 5.26 Å². The smallest absolute Gasteiger partial charge is 0.131 e. The van der Waals surface area contributed by atoms with Crippen LogP contribution in [0.3, 0.4) is 0 Å². The van der Waals surface area contributed by atoms with Gasteiger partial charge >= 0.3 is 0 Å². The van der Waals surface area contributed by atoms with Crippen molar-refractivity contribution in [1.82, 2.24) is 4.98 Å². The Hall–Kier alpha value is -1.86. The van der Waals surface area contributed by atoms with Gasteiger partial charge in [-0.25, -0.2) is 4.98 Å². The molecule has 1 heterocycles. The van der Waals surface area contributed by atoms with Crippen molar-refractivity contribution in [2.24, 2.45) is 0 Å². The van der Waals surface area contributed by atoms with Crippen LogP contribution < -0.4 is 5.32 Å². The highest BCUT2D eigenvalue weighted by Gasteiger charge is 2.00. The third kappa shape index (κ3) is 2.83. The summed E-state index contributed by atoms with van der Waals surface area (Å²) >= 11 is 3.47. The molecule has 3 nitrogen and oxygen atoms in total. The number of aromatic nitrogens is 1. The first-order chi connectivity index (χ1) is 8.19. The molecule has 0 radical (unpaired) electrons. The molecular formula is C13H10BrN3. The van der Waals surface area contributed by atoms with Crippen LogP contribution in [0.15, 0.2) is 41.0 Å². The van der Waals surface area contributed by atoms with Crippen molar-refractivity contribution in [3.63, 3.8) is 0 Å². The van der Waals surface area contributed by atoms with E-state index in [9.17, 15) is 0 Å². The lowest BCUT2D eigenvalue weighted by molar-refractivity contribution is 1.29. The van der Waals surface area contributed by atoms with Gasteiger partial charge in [-0.1, -0.05) is 22.0 Å². The highest BCUT2D eigenvalue weighted by molar-refractivity contribution is 9.10. The van der Waals surface area contributed by atoms with E-state index in [4.69, 9.17) is 5.26 Å². The lowest BCUT2D eigenvalue weighted by Crippen LogP contribution is -1.94. The predicted octanol–water partition coefficient (Wildman–Crippen LogP) is 3.77. The van der Waals surface area contributed by atoms with Crippen LogP contribution in [0.25, 0.3) is 0 Å². The summed E-state index contributed by atoms with van der Waals surface area (Å²) in [6, 6.07) is 11.4. The maximum absolute atomic E-state index is 8.80. The van der Waals surface area contributed by atoms with Gasteiger partial charge in [0.2, 0.25) is 0 Å². The zero-order valence-electron chi connectivity index (χ0n) is 9.24. The van der Waals surface area contributed by atoms with Crippen LogP contribution >= 0.6 is 15.9 Å². The lowest BCUT2D eigenvalue weighted by Gasteiger charge is -2.07. The summed E-state index contributed by atoms with van der Waals surface area (Å²) in [4.78, 5) is 4.16. The second-order valence-electron chi connectivity index (χ2n) is 3.63. The number of hydrogen-bond acceptors (Lipinski definition) is 3. The van der Waals surface area contributed by atoms with E-state index >= 15 is 0 Å². The molecule has 17 heavy (non-hydrogen) atoms. The normalized spacial score (nSPS) is 9.71. The summed E-state index contributed by atoms with van der Waals surface area (Å²) in [5, 5.41) is 12.0. The van der Waals surface area contributed by atoms with Crippen LogP contribution in [0.2, 0.25) is 0 Å². The molecule has 4 heteroatoms. The molecule has 0 spiro atoms. The minimum Gasteiger partial charge on any atom is -0.340 e. The van der Waals surface area contributed by atoms with Gasteiger partial charge in [0.25, 0.3) is 0 Å². The van der Waals surface area contributed by atoms with Gasteiger partial charge in [-0.3, -0.25) is 0 Å². The maximum atomic E-state index is 8.80. The Morgan fingerprint density at radius 2 is 2.12 bits per heavy atom. The Balaban J connectivity index is 2.25. The fraction of sp³-hybridized carbons (Fsp3) is 0.0769. The van der Waals surface area contributed by atoms with E-state index in [2.05, 4.69) is 32.3 Å². The quantitative estimate of drug-likeness (QED) is 0.915. The summed E-state index contributed by atoms with van der Waals surface area (Å²) in [5.41, 5.74) is 2.70. The Bertz CT molecular complexity index is 587. The third-order valence-corrected chi connectivity index (χ3v) is 3.19. The lowest BCUT2D eigenvalue weighted by atomic mass is 10.2. The molecule has 0 saturated carbocycles. The van der Waals surface area contributed by atoms with E-state index in [-0.39, 0.29) is 0 Å². The molecule has 0 aliphatic rings. The van der Waals surface area contributed by atoms with Gasteiger partial charge in [-0.05, 0) is 36.8 Å². The monoisotopic (exact) mass is 287 g/mol. The van der Waals surface area contributed by atoms with Crippen molar-refractivity contribution in [3.05, 3.63) is 52.1 Å². The van der Waals surface area contributed by atoms with Crippen LogP contribution in [0.4, 0.5) is 11.5 Å². The zero-order valence-corrected chi connectivity index (χ0v) is 10.8. The summed E-state index contributed by atoms with van der Waals surface area (Å²) in [6.07, 6.45) is 1.62. The maximum Gasteiger partial charge on any atom is 0.131 e. The van der Waals surface area contributed by atoms with Gasteiger partial charge in [0.15, 0.2) is 0 Å². The summed E-state index contributed by atoms with van der Waals surface area (Å²) in [5.74, 6) is 0.666. The topological polar surface area (TPSA) is 48.7 Å². The standard InChI is InChI=1S/C13H10BrN3/c1-9-2-3-11(7-12(9)14)17-13-6-10(8-15)4-5-16-13/h2-7H,1H3,(H,16,17). The number of aryl methyl sites for hydroxylation is 1. The number of nitrogens with zero attached hydrogens (tertiary/aromatic N) is 2. The molecule has 2 rings (SSSR count). The Kier molecular flexibility index (Phi) is 3.40. The number of halogens is 1. The molecule has 0 amide bonds. The van der Waals surface area contributed by atoms with Crippen molar-refractivity contribution in [3.8, 4) is 6.07 Å². The molecule has 0 atom stereocenters. The Morgan fingerprint density at radius 3 is 2.82 bits per heavy atom. The molecule has 2 aromatic rings. The highest BCUT2D eigenvalue weighted by atomic mass is 79.9. The molecule has 84 valence electrons. The van der Waals surface area contributed by atoms with Crippen LogP contribution in [0.1, 0.15) is 11.1 Å². The van der Waals surface area contributed by atoms with Crippen molar-refractivity contribution < 1.29 is 0 Å². The second-order valence-corrected chi connectivity index (χ2v) is 4.48. The minimum absolute atomic E-state index is 0.591. The minimum atomic E-state index is 0.591. The van der Waals surface area contributed by atoms with E-state index in [1.54, 1.807) is 18.3 Å². The summed E-state index contributed by atoms with van der Waals surface area (Å²) < 4.78 is 1.04. The summed E-state index contributed by atoms with van der Waals surface area (Å²) in [6.45, 7) is 2.03. The average molecular weight is 288 g/mol. The first-order valence-corrected chi connectivity index (χ1v) is 5.87. The molecule has 1 aromatic heterocycles. The van der Waals surface area contributed by atoms with Crippen molar-refractivity contribution in [2.75, 3.05) is 5.32 Å². The van der Waals surface area contributed by atoms with Crippen LogP contribution in [0, 0.1) is 18.3 Å². The zero-order chi connectivity index (χ0) is 12.3. The van der Waals surface area contributed by atoms with Crippen LogP contribution in [-0.4, -0.2) is 4.98 Å². The van der Waals surface area contributed by atoms with Crippen molar-refractivity contribution in [1.29, 1.82) is 5.26 Å². The largest absolute Gasteiger partial charge is 0.340 e. The van der Waals surface area contributed by atoms with Gasteiger partial charge in [0.05, 0.1) is 11.6 Å². The molecule has 0 aliphatic carbocycles. The van der Waals surface area contributed by atoms with E-state index in [1.165, 1.54) is 5.56 Å². The highest BCUT2D eigenvalue weighted by Crippen LogP contribution is 2.22. The Morgan fingerprint density at radius 1 is 1.29 bits per heavy atom. The Labute approximate surface area is 108 Å². The molecule has 1 N–H and O–H groups in total. The summed E-state index contributed by atoms with van der Waals surface area (Å²) in [7, 11) is 0. The van der Waals surface area contributed by atoms with Gasteiger partial charge in [0.1, 0.15) is 5.82 Å². The fourth-order valence-electron chi connectivity index (χ4n) is 1.39. The molecular weight excluding hydrogens is 278 g/mol. The number of pyridine rings is 1. The predicted molar refractivity (Wildman–Crippen MR) is 71.1 cm³/mol. The van der Waals surface area contributed by atoms with E-state index in [1.807, 2.05) is 25.1 Å². The van der Waals surface area contributed by atoms with Gasteiger partial charge in [-0.15, -0.1) is 0 Å². The molecule has 0 bridgehead atoms. The second kappa shape index (κ2) is 4.98. The van der Waals surface area contributed by atoms with Crippen LogP contribution in [0.5, 0.6) is 0 Å². The fourth-order valence-corrected chi connectivity index (χ4v) is 1.77. The number of nitriles is 1. The van der Waals surface area contributed by atoms with Crippen molar-refractivity contribution in [2.45, 2.75) is 6.92 Å². The first kappa shape index (κ1) is 11.6. The van der Waals surface area contributed by atoms with E-state index in [0.29, 0.717) is 11.4 Å². The number of nitrogens with one attached hydrogen (secondary N) is 1. The van der Waals surface area contributed by atoms with Gasteiger partial charge < -0.3 is 5.32 Å². The first-order valence-electron chi connectivity index (χ1n) is 5.08. The molecule has 0 fully saturated rings. The number of hydrogen-bond donors (Lipinski definition) is 1. The number of anilines is 2. The van der Waals surface area contributed by atoms with Gasteiger partial charge in [0, 0.05) is 16.4 Å². The van der Waals surface area contributed by atoms with E-state index < -0.39 is 0 Å². The van der Waals surface area contributed by atoms with Crippen molar-refractivity contribution >= 4 is 27.4 Å². The van der Waals surface area contributed by atoms with Crippen LogP contribution in [-0.2, 0) is 0 Å². The SMILES string of the molecule is Cc1ccc(Nc2cc(C#N)ccn2)cc1Br. The molecule has 0 aliphatic heterocycles. The number of rotatable bonds is 2. The average Bonchev–Trinajstić information content (AvgIpc) is 2.34.